The second kappa shape index (κ2) is 15.7. The fourth-order valence-electron chi connectivity index (χ4n) is 9.39. The van der Waals surface area contributed by atoms with Crippen LogP contribution in [-0.4, -0.2) is 95.3 Å². The molecule has 14 heteroatoms. The van der Waals surface area contributed by atoms with Crippen LogP contribution in [0, 0.1) is 6.92 Å². The molecule has 2 saturated heterocycles. The zero-order chi connectivity index (χ0) is 41.0. The number of hydrogen-bond acceptors (Lipinski definition) is 9. The number of benzene rings is 2. The summed E-state index contributed by atoms with van der Waals surface area (Å²) < 4.78 is 49.8. The molecule has 3 aliphatic heterocycles. The minimum absolute atomic E-state index is 0.136. The minimum Gasteiger partial charge on any atom is -0.497 e. The Morgan fingerprint density at radius 2 is 1.73 bits per heavy atom. The van der Waals surface area contributed by atoms with Crippen LogP contribution in [0.25, 0.3) is 39.5 Å². The fraction of sp³-hybridized carbons (Fsp3) is 0.422. The molecule has 13 nitrogen and oxygen atoms in total. The summed E-state index contributed by atoms with van der Waals surface area (Å²) in [6.07, 6.45) is 13.5. The van der Waals surface area contributed by atoms with Gasteiger partial charge in [0, 0.05) is 41.0 Å². The first-order valence-corrected chi connectivity index (χ1v) is 22.2. The lowest BCUT2D eigenvalue weighted by atomic mass is 9.81. The smallest absolute Gasteiger partial charge is 0.264 e. The van der Waals surface area contributed by atoms with Crippen molar-refractivity contribution in [3.8, 4) is 22.7 Å². The van der Waals surface area contributed by atoms with Crippen molar-refractivity contribution in [2.75, 3.05) is 33.5 Å². The Kier molecular flexibility index (Phi) is 10.4. The molecule has 1 saturated carbocycles. The van der Waals surface area contributed by atoms with Crippen LogP contribution in [0.1, 0.15) is 101 Å². The molecule has 1 N–H and O–H groups in total. The van der Waals surface area contributed by atoms with Crippen LogP contribution in [0.3, 0.4) is 0 Å². The third-order valence-electron chi connectivity index (χ3n) is 12.5. The summed E-state index contributed by atoms with van der Waals surface area (Å²) in [6, 6.07) is 13.2. The minimum atomic E-state index is -3.88. The summed E-state index contributed by atoms with van der Waals surface area (Å²) >= 11 is 0. The molecule has 2 bridgehead atoms. The predicted molar refractivity (Wildman–Crippen MR) is 225 cm³/mol. The number of carbonyl (C=O) groups is 2. The Morgan fingerprint density at radius 1 is 0.932 bits per heavy atom. The van der Waals surface area contributed by atoms with E-state index in [0.717, 1.165) is 70.2 Å². The van der Waals surface area contributed by atoms with Crippen molar-refractivity contribution in [1.29, 1.82) is 0 Å². The number of allylic oxidation sites excluding steroid dienone is 1. The fourth-order valence-corrected chi connectivity index (χ4v) is 10.0. The van der Waals surface area contributed by atoms with Gasteiger partial charge in [-0.1, -0.05) is 25.3 Å². The van der Waals surface area contributed by atoms with Gasteiger partial charge in [0.2, 0.25) is 10.0 Å². The zero-order valence-corrected chi connectivity index (χ0v) is 34.8. The van der Waals surface area contributed by atoms with E-state index in [1.807, 2.05) is 46.8 Å². The normalized spacial score (nSPS) is 19.7. The van der Waals surface area contributed by atoms with Gasteiger partial charge in [-0.25, -0.2) is 17.8 Å². The van der Waals surface area contributed by atoms with Crippen molar-refractivity contribution in [2.24, 2.45) is 0 Å². The topological polar surface area (TPSA) is 147 Å². The zero-order valence-electron chi connectivity index (χ0n) is 33.9. The summed E-state index contributed by atoms with van der Waals surface area (Å²) in [4.78, 5) is 35.1. The van der Waals surface area contributed by atoms with E-state index in [1.165, 1.54) is 12.0 Å². The highest BCUT2D eigenvalue weighted by atomic mass is 32.2. The summed E-state index contributed by atoms with van der Waals surface area (Å²) in [5.41, 5.74) is 8.84. The Morgan fingerprint density at radius 3 is 2.51 bits per heavy atom. The highest BCUT2D eigenvalue weighted by Crippen LogP contribution is 2.48. The van der Waals surface area contributed by atoms with Crippen LogP contribution in [0.2, 0.25) is 0 Å². The highest BCUT2D eigenvalue weighted by molar-refractivity contribution is 7.90. The van der Waals surface area contributed by atoms with Gasteiger partial charge < -0.3 is 23.7 Å². The molecule has 59 heavy (non-hydrogen) atoms. The molecule has 2 aromatic carbocycles. The maximum Gasteiger partial charge on any atom is 0.264 e. The molecule has 1 aliphatic carbocycles. The van der Waals surface area contributed by atoms with Crippen LogP contribution >= 0.6 is 0 Å². The molecule has 4 aliphatic rings. The molecule has 2 atom stereocenters. The van der Waals surface area contributed by atoms with Gasteiger partial charge in [0.25, 0.3) is 11.8 Å². The van der Waals surface area contributed by atoms with E-state index in [-0.39, 0.29) is 29.5 Å². The molecule has 9 rings (SSSR count). The number of hydrogen-bond donors (Lipinski definition) is 1. The lowest BCUT2D eigenvalue weighted by molar-refractivity contribution is -0.0380. The summed E-state index contributed by atoms with van der Waals surface area (Å²) in [5, 5.41) is 5.19. The van der Waals surface area contributed by atoms with Gasteiger partial charge in [-0.05, 0) is 111 Å². The van der Waals surface area contributed by atoms with E-state index in [4.69, 9.17) is 19.3 Å². The third-order valence-corrected chi connectivity index (χ3v) is 14.2. The average Bonchev–Trinajstić information content (AvgIpc) is 3.72. The predicted octanol–water partition coefficient (Wildman–Crippen LogP) is 6.91. The molecule has 0 radical (unpaired) electrons. The van der Waals surface area contributed by atoms with Gasteiger partial charge in [-0.15, -0.1) is 0 Å². The van der Waals surface area contributed by atoms with Crippen molar-refractivity contribution in [3.05, 3.63) is 94.6 Å². The lowest BCUT2D eigenvalue weighted by Crippen LogP contribution is -2.55. The molecule has 3 fully saturated rings. The number of nitrogens with one attached hydrogen (secondary N) is 1. The Bertz CT molecular complexity index is 2590. The number of fused-ring (bicyclic) bond motifs is 7. The van der Waals surface area contributed by atoms with Crippen molar-refractivity contribution < 1.29 is 32.2 Å². The van der Waals surface area contributed by atoms with Gasteiger partial charge in [-0.3, -0.25) is 14.6 Å². The van der Waals surface area contributed by atoms with Crippen molar-refractivity contribution >= 4 is 44.4 Å². The first-order valence-electron chi connectivity index (χ1n) is 20.6. The summed E-state index contributed by atoms with van der Waals surface area (Å²) in [5.74, 6) is 0.151. The molecule has 308 valence electrons. The van der Waals surface area contributed by atoms with E-state index in [1.54, 1.807) is 45.6 Å². The van der Waals surface area contributed by atoms with Crippen LogP contribution < -0.4 is 9.46 Å². The second-order valence-corrected chi connectivity index (χ2v) is 18.7. The number of sulfonamides is 1. The number of pyridine rings is 1. The maximum absolute atomic E-state index is 15.1. The molecular formula is C45H50N6O7S. The first kappa shape index (κ1) is 39.2. The van der Waals surface area contributed by atoms with E-state index >= 15 is 4.79 Å². The van der Waals surface area contributed by atoms with Gasteiger partial charge in [0.05, 0.1) is 79.6 Å². The quantitative estimate of drug-likeness (QED) is 0.177. The lowest BCUT2D eigenvalue weighted by Gasteiger charge is -2.39. The van der Waals surface area contributed by atoms with Crippen molar-refractivity contribution in [2.45, 2.75) is 89.1 Å². The molecule has 3 aromatic heterocycles. The molecule has 5 aromatic rings. The number of carbonyl (C=O) groups excluding carboxylic acids is 2. The van der Waals surface area contributed by atoms with Crippen molar-refractivity contribution in [3.63, 3.8) is 0 Å². The first-order chi connectivity index (χ1) is 28.5. The van der Waals surface area contributed by atoms with Crippen LogP contribution in [0.15, 0.2) is 61.1 Å². The number of amides is 2. The Labute approximate surface area is 344 Å². The third kappa shape index (κ3) is 7.04. The van der Waals surface area contributed by atoms with E-state index in [2.05, 4.69) is 26.4 Å². The summed E-state index contributed by atoms with van der Waals surface area (Å²) in [7, 11) is -2.22. The number of nitrogens with zero attached hydrogens (tertiary/aromatic N) is 5. The molecule has 2 amide bonds. The molecule has 2 unspecified atom stereocenters. The largest absolute Gasteiger partial charge is 0.497 e. The molecule has 0 spiro atoms. The second-order valence-electron chi connectivity index (χ2n) is 16.5. The van der Waals surface area contributed by atoms with Crippen LogP contribution in [0.5, 0.6) is 5.75 Å². The average molecular weight is 819 g/mol. The van der Waals surface area contributed by atoms with Crippen molar-refractivity contribution in [1.82, 2.24) is 29.0 Å². The van der Waals surface area contributed by atoms with Gasteiger partial charge in [0.15, 0.2) is 0 Å². The monoisotopic (exact) mass is 818 g/mol. The molecule has 6 heterocycles. The van der Waals surface area contributed by atoms with Crippen LogP contribution in [0.4, 0.5) is 0 Å². The maximum atomic E-state index is 15.1. The summed E-state index contributed by atoms with van der Waals surface area (Å²) in [6.45, 7) is 7.15. The van der Waals surface area contributed by atoms with Gasteiger partial charge in [-0.2, -0.15) is 5.10 Å². The number of ether oxygens (including phenoxy) is 3. The Balaban J connectivity index is 1.29. The van der Waals surface area contributed by atoms with E-state index in [9.17, 15) is 13.2 Å². The van der Waals surface area contributed by atoms with Crippen LogP contribution in [-0.2, 0) is 26.0 Å². The van der Waals surface area contributed by atoms with E-state index < -0.39 is 21.2 Å². The molecular weight excluding hydrogens is 769 g/mol. The number of methoxy groups -OCH3 is 1. The van der Waals surface area contributed by atoms with Gasteiger partial charge in [0.1, 0.15) is 5.75 Å². The highest BCUT2D eigenvalue weighted by Gasteiger charge is 2.40. The van der Waals surface area contributed by atoms with Gasteiger partial charge >= 0.3 is 0 Å². The SMILES string of the molecule is COc1ccc2c(c1)C=C(c1c(C(=O)N3C4CCOCC3COC4)cnn1-c1ccncc1C)Cn1c-2c(C2CCCCC2)c2ccc(C(=O)NS(=O)(=O)C(C)C)cc21. The number of morpholine rings is 1. The number of aryl methyl sites for hydroxylation is 1. The standard InChI is InChI=1S/C45H50N6O7S/c1-27(2)59(54,55)48-44(52)30-10-12-37-40(20-30)49-23-32(18-31-19-35(56-4)11-13-36(31)43(49)41(37)29-8-6-5-7-9-29)42-38(22-47-51(42)39-14-16-46-21-28(39)3)45(53)50-33-15-17-57-25-34(50)26-58-24-33/h10-14,16,18-22,27,29,33-34H,5-9,15,17,23-26H2,1-4H3,(H,48,52). The van der Waals surface area contributed by atoms with E-state index in [0.29, 0.717) is 56.4 Å². The Hall–Kier alpha value is -5.31. The number of rotatable bonds is 8. The number of aromatic nitrogens is 4.